The lowest BCUT2D eigenvalue weighted by atomic mass is 10.1. The van der Waals surface area contributed by atoms with Crippen LogP contribution < -0.4 is 10.1 Å². The first-order valence-electron chi connectivity index (χ1n) is 9.18. The number of thiophene rings is 1. The molecule has 0 bridgehead atoms. The van der Waals surface area contributed by atoms with Gasteiger partial charge in [0.15, 0.2) is 0 Å². The van der Waals surface area contributed by atoms with Gasteiger partial charge in [0.05, 0.1) is 23.5 Å². The number of ether oxygens (including phenoxy) is 1. The molecule has 5 nitrogen and oxygen atoms in total. The Labute approximate surface area is 173 Å². The van der Waals surface area contributed by atoms with Gasteiger partial charge in [-0.25, -0.2) is 4.79 Å². The topological polar surface area (TPSA) is 44.8 Å². The molecule has 0 radical (unpaired) electrons. The summed E-state index contributed by atoms with van der Waals surface area (Å²) in [7, 11) is 3.52. The van der Waals surface area contributed by atoms with E-state index in [9.17, 15) is 4.79 Å². The van der Waals surface area contributed by atoms with Gasteiger partial charge in [0, 0.05) is 18.5 Å². The van der Waals surface area contributed by atoms with Gasteiger partial charge >= 0.3 is 6.03 Å². The number of likely N-dealkylation sites (tertiary alicyclic amines) is 1. The first kappa shape index (κ1) is 20.2. The summed E-state index contributed by atoms with van der Waals surface area (Å²) in [5.41, 5.74) is 1.18. The molecule has 3 rings (SSSR count). The van der Waals surface area contributed by atoms with Crippen molar-refractivity contribution in [1.29, 1.82) is 0 Å². The van der Waals surface area contributed by atoms with E-state index in [0.29, 0.717) is 13.1 Å². The highest BCUT2D eigenvalue weighted by Gasteiger charge is 2.25. The van der Waals surface area contributed by atoms with Crippen LogP contribution >= 0.6 is 27.3 Å². The highest BCUT2D eigenvalue weighted by Crippen LogP contribution is 2.27. The van der Waals surface area contributed by atoms with Crippen molar-refractivity contribution >= 4 is 33.3 Å². The van der Waals surface area contributed by atoms with Crippen LogP contribution in [0.2, 0.25) is 0 Å². The molecule has 1 saturated heterocycles. The molecule has 1 fully saturated rings. The van der Waals surface area contributed by atoms with Gasteiger partial charge in [0.1, 0.15) is 5.75 Å². The molecule has 1 N–H and O–H groups in total. The van der Waals surface area contributed by atoms with E-state index in [1.807, 2.05) is 31.3 Å². The maximum atomic E-state index is 12.6. The molecule has 1 aromatic carbocycles. The molecule has 2 amide bonds. The van der Waals surface area contributed by atoms with Crippen molar-refractivity contribution in [2.75, 3.05) is 33.8 Å². The molecule has 0 spiro atoms. The molecular weight excluding hydrogens is 426 g/mol. The van der Waals surface area contributed by atoms with E-state index in [0.717, 1.165) is 27.5 Å². The molecule has 1 atom stereocenters. The summed E-state index contributed by atoms with van der Waals surface area (Å²) in [6, 6.07) is 12.3. The van der Waals surface area contributed by atoms with E-state index in [1.165, 1.54) is 18.4 Å². The van der Waals surface area contributed by atoms with Crippen molar-refractivity contribution < 1.29 is 9.53 Å². The average molecular weight is 452 g/mol. The second kappa shape index (κ2) is 9.57. The fourth-order valence-electron chi connectivity index (χ4n) is 3.42. The first-order chi connectivity index (χ1) is 13.1. The second-order valence-electron chi connectivity index (χ2n) is 6.78. The zero-order valence-electron chi connectivity index (χ0n) is 15.8. The van der Waals surface area contributed by atoms with Crippen LogP contribution in [0, 0.1) is 0 Å². The van der Waals surface area contributed by atoms with Crippen LogP contribution in [0.5, 0.6) is 5.75 Å². The SMILES string of the molecule is COc1cccc(C(CNC(=O)N(C)Cc2ccc(Br)s2)N2CCCC2)c1. The van der Waals surface area contributed by atoms with Crippen LogP contribution in [0.15, 0.2) is 40.2 Å². The number of rotatable bonds is 7. The Morgan fingerprint density at radius 1 is 1.33 bits per heavy atom. The lowest BCUT2D eigenvalue weighted by molar-refractivity contribution is 0.195. The molecule has 7 heteroatoms. The number of amides is 2. The molecule has 0 saturated carbocycles. The van der Waals surface area contributed by atoms with Crippen molar-refractivity contribution in [2.24, 2.45) is 0 Å². The number of methoxy groups -OCH3 is 1. The minimum absolute atomic E-state index is 0.0494. The van der Waals surface area contributed by atoms with Gasteiger partial charge in [-0.05, 0) is 71.7 Å². The van der Waals surface area contributed by atoms with Crippen LogP contribution in [0.3, 0.4) is 0 Å². The predicted molar refractivity (Wildman–Crippen MR) is 113 cm³/mol. The number of benzene rings is 1. The predicted octanol–water partition coefficient (Wildman–Crippen LogP) is 4.50. The smallest absolute Gasteiger partial charge is 0.317 e. The molecule has 1 aliphatic rings. The summed E-state index contributed by atoms with van der Waals surface area (Å²) in [6.45, 7) is 3.33. The Balaban J connectivity index is 1.64. The first-order valence-corrected chi connectivity index (χ1v) is 10.8. The van der Waals surface area contributed by atoms with Crippen molar-refractivity contribution in [3.05, 3.63) is 50.6 Å². The van der Waals surface area contributed by atoms with E-state index in [2.05, 4.69) is 38.3 Å². The van der Waals surface area contributed by atoms with Crippen LogP contribution in [0.25, 0.3) is 0 Å². The van der Waals surface area contributed by atoms with Gasteiger partial charge < -0.3 is 15.0 Å². The number of halogens is 1. The summed E-state index contributed by atoms with van der Waals surface area (Å²) in [5.74, 6) is 0.850. The summed E-state index contributed by atoms with van der Waals surface area (Å²) < 4.78 is 6.46. The summed E-state index contributed by atoms with van der Waals surface area (Å²) in [5, 5.41) is 3.12. The van der Waals surface area contributed by atoms with Crippen molar-refractivity contribution in [3.8, 4) is 5.75 Å². The Kier molecular flexibility index (Phi) is 7.15. The van der Waals surface area contributed by atoms with Crippen molar-refractivity contribution in [2.45, 2.75) is 25.4 Å². The van der Waals surface area contributed by atoms with Crippen molar-refractivity contribution in [3.63, 3.8) is 0 Å². The van der Waals surface area contributed by atoms with E-state index >= 15 is 0 Å². The molecule has 2 aromatic rings. The Bertz CT molecular complexity index is 761. The van der Waals surface area contributed by atoms with Crippen molar-refractivity contribution in [1.82, 2.24) is 15.1 Å². The zero-order chi connectivity index (χ0) is 19.2. The van der Waals surface area contributed by atoms with Crippen LogP contribution in [-0.4, -0.2) is 49.6 Å². The van der Waals surface area contributed by atoms with Crippen LogP contribution in [0.1, 0.15) is 29.3 Å². The van der Waals surface area contributed by atoms with Gasteiger partial charge in [-0.2, -0.15) is 0 Å². The number of nitrogens with zero attached hydrogens (tertiary/aromatic N) is 2. The standard InChI is InChI=1S/C20H26BrN3O2S/c1-23(14-17-8-9-19(21)27-17)20(25)22-13-18(24-10-3-4-11-24)15-6-5-7-16(12-15)26-2/h5-9,12,18H,3-4,10-11,13-14H2,1-2H3,(H,22,25). The maximum absolute atomic E-state index is 12.6. The molecule has 146 valence electrons. The minimum Gasteiger partial charge on any atom is -0.497 e. The third kappa shape index (κ3) is 5.46. The highest BCUT2D eigenvalue weighted by atomic mass is 79.9. The highest BCUT2D eigenvalue weighted by molar-refractivity contribution is 9.11. The largest absolute Gasteiger partial charge is 0.497 e. The quantitative estimate of drug-likeness (QED) is 0.673. The number of hydrogen-bond acceptors (Lipinski definition) is 4. The molecule has 1 unspecified atom stereocenters. The fourth-order valence-corrected chi connectivity index (χ4v) is 4.96. The number of nitrogens with one attached hydrogen (secondary N) is 1. The number of carbonyl (C=O) groups excluding carboxylic acids is 1. The number of carbonyl (C=O) groups is 1. The maximum Gasteiger partial charge on any atom is 0.317 e. The number of hydrogen-bond donors (Lipinski definition) is 1. The molecule has 27 heavy (non-hydrogen) atoms. The monoisotopic (exact) mass is 451 g/mol. The average Bonchev–Trinajstić information content (AvgIpc) is 3.34. The van der Waals surface area contributed by atoms with E-state index < -0.39 is 0 Å². The van der Waals surface area contributed by atoms with Gasteiger partial charge in [-0.1, -0.05) is 12.1 Å². The molecular formula is C20H26BrN3O2S. The third-order valence-corrected chi connectivity index (χ3v) is 6.48. The Morgan fingerprint density at radius 2 is 2.11 bits per heavy atom. The van der Waals surface area contributed by atoms with E-state index in [-0.39, 0.29) is 12.1 Å². The van der Waals surface area contributed by atoms with E-state index in [4.69, 9.17) is 4.74 Å². The molecule has 1 aromatic heterocycles. The zero-order valence-corrected chi connectivity index (χ0v) is 18.2. The van der Waals surface area contributed by atoms with E-state index in [1.54, 1.807) is 23.3 Å². The number of urea groups is 1. The van der Waals surface area contributed by atoms with Gasteiger partial charge in [0.2, 0.25) is 0 Å². The lowest BCUT2D eigenvalue weighted by Crippen LogP contribution is -2.42. The lowest BCUT2D eigenvalue weighted by Gasteiger charge is -2.29. The van der Waals surface area contributed by atoms with Crippen LogP contribution in [-0.2, 0) is 6.54 Å². The van der Waals surface area contributed by atoms with Gasteiger partial charge in [-0.3, -0.25) is 4.90 Å². The molecule has 0 aliphatic carbocycles. The van der Waals surface area contributed by atoms with Crippen LogP contribution in [0.4, 0.5) is 4.79 Å². The van der Waals surface area contributed by atoms with Gasteiger partial charge in [0.25, 0.3) is 0 Å². The third-order valence-electron chi connectivity index (χ3n) is 4.88. The summed E-state index contributed by atoms with van der Waals surface area (Å²) in [6.07, 6.45) is 2.42. The normalized spacial score (nSPS) is 15.5. The molecule has 2 heterocycles. The summed E-state index contributed by atoms with van der Waals surface area (Å²) >= 11 is 5.12. The molecule has 1 aliphatic heterocycles. The second-order valence-corrected chi connectivity index (χ2v) is 9.33. The van der Waals surface area contributed by atoms with Gasteiger partial charge in [-0.15, -0.1) is 11.3 Å². The fraction of sp³-hybridized carbons (Fsp3) is 0.450. The Morgan fingerprint density at radius 3 is 2.78 bits per heavy atom. The Hall–Kier alpha value is -1.57. The summed E-state index contributed by atoms with van der Waals surface area (Å²) in [4.78, 5) is 17.9. The minimum atomic E-state index is -0.0494.